The maximum absolute atomic E-state index is 8.58. The molecular weight excluding hydrogens is 591 g/mol. The summed E-state index contributed by atoms with van der Waals surface area (Å²) in [5, 5.41) is 14.3. The van der Waals surface area contributed by atoms with E-state index in [1.165, 1.54) is 53.9 Å². The smallest absolute Gasteiger partial charge is 0.0629 e. The molecule has 0 saturated heterocycles. The molecule has 0 aliphatic rings. The lowest BCUT2D eigenvalue weighted by Gasteiger charge is -2.27. The summed E-state index contributed by atoms with van der Waals surface area (Å²) in [4.78, 5) is 2.24. The van der Waals surface area contributed by atoms with E-state index in [2.05, 4.69) is 138 Å². The first kappa shape index (κ1) is 23.0. The molecule has 0 N–H and O–H groups in total. The van der Waals surface area contributed by atoms with Crippen LogP contribution in [0.5, 0.6) is 0 Å². The molecule has 228 valence electrons. The van der Waals surface area contributed by atoms with E-state index in [4.69, 9.17) is 6.85 Å². The summed E-state index contributed by atoms with van der Waals surface area (Å²) in [6.07, 6.45) is 0. The Morgan fingerprint density at radius 2 is 0.816 bits per heavy atom. The molecule has 0 unspecified atom stereocenters. The zero-order chi connectivity index (χ0) is 36.7. The number of benzene rings is 10. The lowest BCUT2D eigenvalue weighted by Crippen LogP contribution is -2.10. The van der Waals surface area contributed by atoms with Crippen LogP contribution in [0.15, 0.2) is 188 Å². The maximum Gasteiger partial charge on any atom is 0.0629 e. The molecule has 10 aromatic rings. The minimum absolute atomic E-state index is 0.188. The van der Waals surface area contributed by atoms with Crippen LogP contribution in [-0.4, -0.2) is 0 Å². The highest BCUT2D eigenvalue weighted by Crippen LogP contribution is 2.42. The number of anilines is 3. The van der Waals surface area contributed by atoms with Gasteiger partial charge in [0.1, 0.15) is 0 Å². The molecule has 0 aromatic heterocycles. The van der Waals surface area contributed by atoms with Gasteiger partial charge in [0, 0.05) is 17.1 Å². The van der Waals surface area contributed by atoms with Crippen LogP contribution < -0.4 is 4.90 Å². The van der Waals surface area contributed by atoms with E-state index in [-0.39, 0.29) is 29.7 Å². The Balaban J connectivity index is 1.21. The number of nitrogens with zero attached hydrogens (tertiary/aromatic N) is 1. The second-order valence-electron chi connectivity index (χ2n) is 12.6. The summed E-state index contributed by atoms with van der Waals surface area (Å²) in [7, 11) is 0. The van der Waals surface area contributed by atoms with E-state index in [1.807, 2.05) is 24.3 Å². The van der Waals surface area contributed by atoms with Gasteiger partial charge in [-0.05, 0) is 112 Å². The molecule has 0 atom stereocenters. The molecule has 0 heterocycles. The minimum atomic E-state index is -0.398. The van der Waals surface area contributed by atoms with Crippen molar-refractivity contribution in [3.8, 4) is 11.1 Å². The van der Waals surface area contributed by atoms with Crippen molar-refractivity contribution >= 4 is 81.7 Å². The van der Waals surface area contributed by atoms with Gasteiger partial charge in [-0.1, -0.05) is 152 Å². The van der Waals surface area contributed by atoms with Crippen molar-refractivity contribution in [3.63, 3.8) is 0 Å². The SMILES string of the molecule is [2H]c1c([2H])c([2H])c(-c2ccc(N(c3ccc4c(ccc5ccc6ccccc6c54)c3)c3ccc4c5ccccc5c5ccccc5c4c3)cc2)c([2H])c1[2H]. The third-order valence-electron chi connectivity index (χ3n) is 9.87. The highest BCUT2D eigenvalue weighted by atomic mass is 15.1. The predicted molar refractivity (Wildman–Crippen MR) is 212 cm³/mol. The average Bonchev–Trinajstić information content (AvgIpc) is 3.22. The van der Waals surface area contributed by atoms with E-state index in [9.17, 15) is 0 Å². The molecule has 0 aliphatic heterocycles. The first-order chi connectivity index (χ1) is 26.4. The Bertz CT molecular complexity index is 3110. The van der Waals surface area contributed by atoms with Gasteiger partial charge in [-0.15, -0.1) is 0 Å². The second-order valence-corrected chi connectivity index (χ2v) is 12.6. The highest BCUT2D eigenvalue weighted by molar-refractivity contribution is 6.26. The van der Waals surface area contributed by atoms with Crippen molar-refractivity contribution in [2.45, 2.75) is 0 Å². The van der Waals surface area contributed by atoms with Crippen molar-refractivity contribution in [2.24, 2.45) is 0 Å². The summed E-state index contributed by atoms with van der Waals surface area (Å²) >= 11 is 0. The normalized spacial score (nSPS) is 13.1. The first-order valence-electron chi connectivity index (χ1n) is 19.0. The lowest BCUT2D eigenvalue weighted by atomic mass is 9.93. The van der Waals surface area contributed by atoms with Gasteiger partial charge in [-0.3, -0.25) is 0 Å². The van der Waals surface area contributed by atoms with Crippen LogP contribution in [-0.2, 0) is 0 Å². The van der Waals surface area contributed by atoms with E-state index >= 15 is 0 Å². The van der Waals surface area contributed by atoms with Crippen LogP contribution in [0.3, 0.4) is 0 Å². The van der Waals surface area contributed by atoms with E-state index < -0.39 is 6.04 Å². The summed E-state index contributed by atoms with van der Waals surface area (Å²) < 4.78 is 41.7. The Hall–Kier alpha value is -6.44. The topological polar surface area (TPSA) is 3.24 Å². The van der Waals surface area contributed by atoms with Crippen molar-refractivity contribution in [2.75, 3.05) is 4.90 Å². The molecule has 49 heavy (non-hydrogen) atoms. The van der Waals surface area contributed by atoms with Gasteiger partial charge in [0.15, 0.2) is 0 Å². The van der Waals surface area contributed by atoms with Crippen molar-refractivity contribution < 1.29 is 6.85 Å². The standard InChI is InChI=1S/C48H31N/c1-2-10-32(11-3-1)33-22-24-37(25-23-33)49(38-26-28-41-36(30-38)21-20-35-19-18-34-12-4-5-13-40(34)48(35)41)39-27-29-46-44-16-7-6-14-42(44)43-15-8-9-17-45(43)47(46)31-39/h1-31H/i1D,2D,3D,10D,11D. The molecule has 0 radical (unpaired) electrons. The fourth-order valence-corrected chi connectivity index (χ4v) is 7.62. The number of hydrogen-bond acceptors (Lipinski definition) is 1. The zero-order valence-corrected chi connectivity index (χ0v) is 26.5. The fraction of sp³-hybridized carbons (Fsp3) is 0. The van der Waals surface area contributed by atoms with Crippen LogP contribution in [0, 0.1) is 0 Å². The summed E-state index contributed by atoms with van der Waals surface area (Å²) in [6.45, 7) is 0. The first-order valence-corrected chi connectivity index (χ1v) is 16.5. The predicted octanol–water partition coefficient (Wildman–Crippen LogP) is 13.7. The van der Waals surface area contributed by atoms with Crippen LogP contribution in [0.1, 0.15) is 6.85 Å². The number of fused-ring (bicyclic) bond motifs is 11. The van der Waals surface area contributed by atoms with Crippen molar-refractivity contribution in [1.29, 1.82) is 0 Å². The summed E-state index contributed by atoms with van der Waals surface area (Å²) in [5.74, 6) is 0. The molecule has 1 heteroatoms. The second kappa shape index (κ2) is 11.1. The molecule has 0 bridgehead atoms. The third kappa shape index (κ3) is 4.47. The molecule has 0 spiro atoms. The monoisotopic (exact) mass is 626 g/mol. The Morgan fingerprint density at radius 3 is 1.51 bits per heavy atom. The van der Waals surface area contributed by atoms with Crippen LogP contribution in [0.2, 0.25) is 0 Å². The van der Waals surface area contributed by atoms with Gasteiger partial charge in [-0.2, -0.15) is 0 Å². The molecular formula is C48H31N. The largest absolute Gasteiger partial charge is 0.310 e. The van der Waals surface area contributed by atoms with Gasteiger partial charge in [-0.25, -0.2) is 0 Å². The Morgan fingerprint density at radius 1 is 0.327 bits per heavy atom. The number of hydrogen-bond donors (Lipinski definition) is 0. The average molecular weight is 627 g/mol. The van der Waals surface area contributed by atoms with Gasteiger partial charge >= 0.3 is 0 Å². The molecule has 1 nitrogen and oxygen atoms in total. The molecule has 0 amide bonds. The molecule has 10 aromatic carbocycles. The minimum Gasteiger partial charge on any atom is -0.310 e. The Labute approximate surface area is 291 Å². The van der Waals surface area contributed by atoms with Crippen LogP contribution in [0.4, 0.5) is 17.1 Å². The third-order valence-corrected chi connectivity index (χ3v) is 9.87. The van der Waals surface area contributed by atoms with Gasteiger partial charge < -0.3 is 4.90 Å². The molecule has 0 aliphatic carbocycles. The van der Waals surface area contributed by atoms with E-state index in [0.29, 0.717) is 5.56 Å². The van der Waals surface area contributed by atoms with Crippen molar-refractivity contribution in [3.05, 3.63) is 188 Å². The van der Waals surface area contributed by atoms with Gasteiger partial charge in [0.25, 0.3) is 0 Å². The molecule has 0 saturated carbocycles. The quantitative estimate of drug-likeness (QED) is 0.176. The maximum atomic E-state index is 8.58. The zero-order valence-electron chi connectivity index (χ0n) is 31.5. The van der Waals surface area contributed by atoms with Crippen molar-refractivity contribution in [1.82, 2.24) is 0 Å². The lowest BCUT2D eigenvalue weighted by molar-refractivity contribution is 1.30. The number of rotatable bonds is 4. The van der Waals surface area contributed by atoms with Crippen LogP contribution in [0.25, 0.3) is 75.8 Å². The summed E-state index contributed by atoms with van der Waals surface area (Å²) in [6, 6.07) is 53.8. The van der Waals surface area contributed by atoms with E-state index in [1.54, 1.807) is 0 Å². The van der Waals surface area contributed by atoms with Gasteiger partial charge in [0.05, 0.1) is 6.85 Å². The highest BCUT2D eigenvalue weighted by Gasteiger charge is 2.17. The Kier molecular flexibility index (Phi) is 5.20. The summed E-state index contributed by atoms with van der Waals surface area (Å²) in [5.41, 5.74) is 3.57. The fourth-order valence-electron chi connectivity index (χ4n) is 7.62. The van der Waals surface area contributed by atoms with Crippen LogP contribution >= 0.6 is 0 Å². The van der Waals surface area contributed by atoms with Gasteiger partial charge in [0.2, 0.25) is 0 Å². The van der Waals surface area contributed by atoms with E-state index in [0.717, 1.165) is 27.8 Å². The molecule has 0 fully saturated rings. The molecule has 10 rings (SSSR count).